The molecule has 0 atom stereocenters. The lowest BCUT2D eigenvalue weighted by atomic mass is 11.2. The molecule has 0 aromatic carbocycles. The van der Waals surface area contributed by atoms with Gasteiger partial charge >= 0.3 is 6.19 Å². The summed E-state index contributed by atoms with van der Waals surface area (Å²) in [6.07, 6.45) is 3.38. The van der Waals surface area contributed by atoms with E-state index >= 15 is 0 Å². The number of hydrogen-bond acceptors (Lipinski definition) is 1. The van der Waals surface area contributed by atoms with Gasteiger partial charge in [-0.25, -0.2) is 0 Å². The Labute approximate surface area is 29.3 Å². The first kappa shape index (κ1) is 2.19. The molecule has 0 fully saturated rings. The maximum Gasteiger partial charge on any atom is 0.473 e. The summed E-state index contributed by atoms with van der Waals surface area (Å²) in [7, 11) is 0. The first-order chi connectivity index (χ1) is 2.43. The minimum absolute atomic E-state index is 1.31. The lowest BCUT2D eigenvalue weighted by Gasteiger charge is -1.38. The van der Waals surface area contributed by atoms with Gasteiger partial charge in [-0.1, -0.05) is 4.58 Å². The van der Waals surface area contributed by atoms with E-state index in [1.807, 2.05) is 0 Å². The Morgan fingerprint density at radius 3 is 2.60 bits per heavy atom. The highest BCUT2D eigenvalue weighted by atomic mass is 15.0. The monoisotopic (exact) mass is 65.0 g/mol. The predicted octanol–water partition coefficient (Wildman–Crippen LogP) is -0.323. The number of nitriles is 1. The van der Waals surface area contributed by atoms with E-state index in [0.29, 0.717) is 0 Å². The largest absolute Gasteiger partial charge is 0.473 e. The molecule has 0 aliphatic carbocycles. The topological polar surface area (TPSA) is 26.8 Å². The fraction of sp³-hybridized carbons (Fsp3) is 0. The summed E-state index contributed by atoms with van der Waals surface area (Å²) < 4.78 is 1.31. The zero-order chi connectivity index (χ0) is 3.70. The van der Waals surface area contributed by atoms with E-state index in [0.717, 1.165) is 0 Å². The third-order valence-electron chi connectivity index (χ3n) is 0.366. The maximum atomic E-state index is 7.79. The Morgan fingerprint density at radius 2 is 2.60 bits per heavy atom. The smallest absolute Gasteiger partial charge is 0.0873 e. The molecule has 0 aromatic heterocycles. The molecule has 2 nitrogen and oxygen atoms in total. The van der Waals surface area contributed by atoms with Crippen LogP contribution in [0.5, 0.6) is 0 Å². The Balaban J connectivity index is 2.69. The molecule has 1 rings (SSSR count). The second kappa shape index (κ2) is 0.453. The van der Waals surface area contributed by atoms with E-state index in [9.17, 15) is 0 Å². The van der Waals surface area contributed by atoms with Gasteiger partial charge in [0.25, 0.3) is 0 Å². The molecule has 0 aromatic rings. The standard InChI is InChI=1S/C3HN2/c4-3-5-1-2-5/h1H/q+1. The van der Waals surface area contributed by atoms with Gasteiger partial charge in [-0.05, 0) is 0 Å². The van der Waals surface area contributed by atoms with E-state index in [-0.39, 0.29) is 0 Å². The van der Waals surface area contributed by atoms with Gasteiger partial charge in [0.15, 0.2) is 11.5 Å². The predicted molar refractivity (Wildman–Crippen MR) is 15.5 cm³/mol. The van der Waals surface area contributed by atoms with E-state index in [4.69, 9.17) is 5.26 Å². The summed E-state index contributed by atoms with van der Waals surface area (Å²) >= 11 is 0. The first-order valence-corrected chi connectivity index (χ1v) is 1.22. The fourth-order valence-corrected chi connectivity index (χ4v) is 0.0866. The van der Waals surface area contributed by atoms with Crippen molar-refractivity contribution in [3.63, 3.8) is 0 Å². The third-order valence-corrected chi connectivity index (χ3v) is 0.366. The molecule has 1 aliphatic heterocycles. The van der Waals surface area contributed by atoms with E-state index in [1.54, 1.807) is 12.4 Å². The minimum atomic E-state index is 1.31. The Kier molecular flexibility index (Phi) is 0.199. The average molecular weight is 65.1 g/mol. The van der Waals surface area contributed by atoms with E-state index < -0.39 is 0 Å². The molecule has 2 heteroatoms. The second-order valence-corrected chi connectivity index (χ2v) is 0.728. The van der Waals surface area contributed by atoms with Gasteiger partial charge in [-0.15, -0.1) is 0 Å². The van der Waals surface area contributed by atoms with Crippen molar-refractivity contribution in [3.8, 4) is 6.19 Å². The normalized spacial score (nSPS) is 13.0. The van der Waals surface area contributed by atoms with Gasteiger partial charge < -0.3 is 0 Å². The molecule has 0 amide bonds. The highest BCUT2D eigenvalue weighted by Crippen LogP contribution is 1.73. The molecular weight excluding hydrogens is 64.0 g/mol. The van der Waals surface area contributed by atoms with Crippen LogP contribution in [0.1, 0.15) is 0 Å². The van der Waals surface area contributed by atoms with Gasteiger partial charge in [-0.3, -0.25) is 0 Å². The molecule has 1 aliphatic rings. The van der Waals surface area contributed by atoms with Crippen LogP contribution in [-0.2, 0) is 0 Å². The molecule has 0 unspecified atom stereocenters. The number of hydrogen-bond donors (Lipinski definition) is 0. The molecular formula is C3HN2+. The van der Waals surface area contributed by atoms with Gasteiger partial charge in [0, 0.05) is 0 Å². The average Bonchev–Trinajstić information content (AvgIpc) is 2.12. The van der Waals surface area contributed by atoms with Crippen molar-refractivity contribution in [1.29, 1.82) is 5.26 Å². The summed E-state index contributed by atoms with van der Waals surface area (Å²) in [5, 5.41) is 7.79. The van der Waals surface area contributed by atoms with Crippen molar-refractivity contribution in [2.24, 2.45) is 0 Å². The van der Waals surface area contributed by atoms with Crippen LogP contribution in [0.2, 0.25) is 0 Å². The van der Waals surface area contributed by atoms with Crippen LogP contribution in [0.15, 0.2) is 6.20 Å². The third kappa shape index (κ3) is 0.167. The maximum absolute atomic E-state index is 7.79. The first-order valence-electron chi connectivity index (χ1n) is 1.22. The zero-order valence-corrected chi connectivity index (χ0v) is 2.47. The quantitative estimate of drug-likeness (QED) is 0.280. The zero-order valence-electron chi connectivity index (χ0n) is 2.47. The molecule has 0 radical (unpaired) electrons. The summed E-state index contributed by atoms with van der Waals surface area (Å²) in [6, 6.07) is 0. The lowest BCUT2D eigenvalue weighted by molar-refractivity contribution is -0.302. The molecule has 0 saturated carbocycles. The number of rotatable bonds is 0. The minimum Gasteiger partial charge on any atom is -0.0873 e. The van der Waals surface area contributed by atoms with Crippen molar-refractivity contribution >= 4 is 5.87 Å². The van der Waals surface area contributed by atoms with Crippen LogP contribution in [0.4, 0.5) is 0 Å². The van der Waals surface area contributed by atoms with E-state index in [1.165, 1.54) is 4.58 Å². The van der Waals surface area contributed by atoms with Crippen LogP contribution in [0.25, 0.3) is 0 Å². The molecule has 5 heavy (non-hydrogen) atoms. The molecule has 22 valence electrons. The van der Waals surface area contributed by atoms with Crippen LogP contribution < -0.4 is 0 Å². The van der Waals surface area contributed by atoms with Gasteiger partial charge in [0.1, 0.15) is 5.87 Å². The fourth-order valence-electron chi connectivity index (χ4n) is 0.0866. The van der Waals surface area contributed by atoms with Crippen molar-refractivity contribution in [3.05, 3.63) is 6.20 Å². The summed E-state index contributed by atoms with van der Waals surface area (Å²) in [6.45, 7) is 0. The molecule has 0 spiro atoms. The number of nitrogens with zero attached hydrogens (tertiary/aromatic N) is 2. The van der Waals surface area contributed by atoms with Crippen molar-refractivity contribution < 1.29 is 4.58 Å². The van der Waals surface area contributed by atoms with Crippen LogP contribution in [-0.4, -0.2) is 10.4 Å². The molecule has 0 saturated heterocycles. The Hall–Kier alpha value is -1.06. The Bertz CT molecular complexity index is 143. The van der Waals surface area contributed by atoms with Crippen molar-refractivity contribution in [2.45, 2.75) is 0 Å². The van der Waals surface area contributed by atoms with Crippen molar-refractivity contribution in [1.82, 2.24) is 0 Å². The molecule has 0 N–H and O–H groups in total. The lowest BCUT2D eigenvalue weighted by Crippen LogP contribution is -1.66. The molecule has 0 bridgehead atoms. The SMILES string of the molecule is N#C[N+]1=C=C1. The molecule has 1 heterocycles. The summed E-state index contributed by atoms with van der Waals surface area (Å²) in [5.74, 6) is 2.53. The van der Waals surface area contributed by atoms with E-state index in [2.05, 4.69) is 5.87 Å². The summed E-state index contributed by atoms with van der Waals surface area (Å²) in [5.41, 5.74) is 0. The second-order valence-electron chi connectivity index (χ2n) is 0.728. The van der Waals surface area contributed by atoms with Crippen LogP contribution in [0, 0.1) is 11.5 Å². The Morgan fingerprint density at radius 1 is 2.00 bits per heavy atom. The van der Waals surface area contributed by atoms with Gasteiger partial charge in [0.2, 0.25) is 0 Å². The van der Waals surface area contributed by atoms with Gasteiger partial charge in [-0.2, -0.15) is 0 Å². The van der Waals surface area contributed by atoms with Crippen LogP contribution >= 0.6 is 0 Å². The van der Waals surface area contributed by atoms with Crippen LogP contribution in [0.3, 0.4) is 0 Å². The van der Waals surface area contributed by atoms with Crippen molar-refractivity contribution in [2.75, 3.05) is 0 Å². The summed E-state index contributed by atoms with van der Waals surface area (Å²) in [4.78, 5) is 0. The highest BCUT2D eigenvalue weighted by Gasteiger charge is 1.99. The van der Waals surface area contributed by atoms with Gasteiger partial charge in [0.05, 0.1) is 0 Å². The highest BCUT2D eigenvalue weighted by molar-refractivity contribution is 5.53.